The Balaban J connectivity index is 1.61. The zero-order valence-corrected chi connectivity index (χ0v) is 12.4. The Morgan fingerprint density at radius 1 is 1.43 bits per heavy atom. The standard InChI is InChI=1S/C15H22N4O2/c1-16-15(20)11-19-6-7-21-14-10-18(9-13(14)19)8-12-2-4-17-5-3-12/h2-5,13-14H,6-11H2,1H3,(H,16,20)/t13-,14+/m0/s1. The van der Waals surface area contributed by atoms with Crippen molar-refractivity contribution in [2.45, 2.75) is 18.7 Å². The van der Waals surface area contributed by atoms with Gasteiger partial charge in [-0.1, -0.05) is 0 Å². The van der Waals surface area contributed by atoms with E-state index in [-0.39, 0.29) is 12.0 Å². The molecule has 2 aliphatic heterocycles. The highest BCUT2D eigenvalue weighted by Crippen LogP contribution is 2.23. The summed E-state index contributed by atoms with van der Waals surface area (Å²) in [4.78, 5) is 20.3. The van der Waals surface area contributed by atoms with Crippen LogP contribution in [0.2, 0.25) is 0 Å². The number of carbonyl (C=O) groups excluding carboxylic acids is 1. The molecule has 0 saturated carbocycles. The minimum absolute atomic E-state index is 0.0724. The average molecular weight is 290 g/mol. The highest BCUT2D eigenvalue weighted by atomic mass is 16.5. The Kier molecular flexibility index (Phi) is 4.48. The number of fused-ring (bicyclic) bond motifs is 1. The van der Waals surface area contributed by atoms with Gasteiger partial charge in [-0.05, 0) is 17.7 Å². The number of amides is 1. The number of pyridine rings is 1. The number of aromatic nitrogens is 1. The van der Waals surface area contributed by atoms with E-state index in [4.69, 9.17) is 4.74 Å². The number of morpholine rings is 1. The zero-order chi connectivity index (χ0) is 14.7. The van der Waals surface area contributed by atoms with Crippen molar-refractivity contribution in [1.82, 2.24) is 20.1 Å². The summed E-state index contributed by atoms with van der Waals surface area (Å²) < 4.78 is 5.89. The third-order valence-electron chi connectivity index (χ3n) is 4.27. The third kappa shape index (κ3) is 3.40. The van der Waals surface area contributed by atoms with Crippen LogP contribution in [-0.4, -0.2) is 72.7 Å². The molecule has 0 spiro atoms. The molecule has 2 aliphatic rings. The number of likely N-dealkylation sites (tertiary alicyclic amines) is 1. The van der Waals surface area contributed by atoms with Crippen LogP contribution in [0.1, 0.15) is 5.56 Å². The van der Waals surface area contributed by atoms with Gasteiger partial charge in [-0.2, -0.15) is 0 Å². The maximum Gasteiger partial charge on any atom is 0.233 e. The van der Waals surface area contributed by atoms with E-state index in [1.54, 1.807) is 7.05 Å². The molecule has 21 heavy (non-hydrogen) atoms. The van der Waals surface area contributed by atoms with Crippen molar-refractivity contribution in [3.05, 3.63) is 30.1 Å². The predicted octanol–water partition coefficient (Wildman–Crippen LogP) is -0.287. The van der Waals surface area contributed by atoms with E-state index >= 15 is 0 Å². The van der Waals surface area contributed by atoms with Gasteiger partial charge in [0, 0.05) is 45.6 Å². The largest absolute Gasteiger partial charge is 0.374 e. The van der Waals surface area contributed by atoms with Gasteiger partial charge in [0.15, 0.2) is 0 Å². The maximum absolute atomic E-state index is 11.6. The summed E-state index contributed by atoms with van der Waals surface area (Å²) in [6.45, 7) is 4.79. The summed E-state index contributed by atoms with van der Waals surface area (Å²) in [7, 11) is 1.69. The number of nitrogens with one attached hydrogen (secondary N) is 1. The second kappa shape index (κ2) is 6.51. The highest BCUT2D eigenvalue weighted by Gasteiger charge is 2.40. The van der Waals surface area contributed by atoms with Crippen molar-refractivity contribution < 1.29 is 9.53 Å². The molecule has 6 heteroatoms. The molecule has 3 heterocycles. The van der Waals surface area contributed by atoms with Crippen LogP contribution < -0.4 is 5.32 Å². The van der Waals surface area contributed by atoms with Gasteiger partial charge in [0.1, 0.15) is 0 Å². The van der Waals surface area contributed by atoms with Crippen molar-refractivity contribution in [2.24, 2.45) is 0 Å². The van der Waals surface area contributed by atoms with Crippen molar-refractivity contribution in [3.63, 3.8) is 0 Å². The van der Waals surface area contributed by atoms with E-state index in [0.717, 1.165) is 26.2 Å². The molecule has 0 aromatic carbocycles. The summed E-state index contributed by atoms with van der Waals surface area (Å²) in [6.07, 6.45) is 3.87. The highest BCUT2D eigenvalue weighted by molar-refractivity contribution is 5.77. The van der Waals surface area contributed by atoms with Gasteiger partial charge in [0.2, 0.25) is 5.91 Å². The number of nitrogens with zero attached hydrogens (tertiary/aromatic N) is 3. The van der Waals surface area contributed by atoms with Crippen molar-refractivity contribution in [3.8, 4) is 0 Å². The summed E-state index contributed by atoms with van der Waals surface area (Å²) in [6, 6.07) is 4.41. The van der Waals surface area contributed by atoms with Gasteiger partial charge in [0.05, 0.1) is 25.3 Å². The summed E-state index contributed by atoms with van der Waals surface area (Å²) >= 11 is 0. The molecule has 0 bridgehead atoms. The molecule has 3 rings (SSSR count). The molecule has 114 valence electrons. The molecule has 2 fully saturated rings. The Bertz CT molecular complexity index is 482. The number of rotatable bonds is 4. The van der Waals surface area contributed by atoms with Crippen LogP contribution in [-0.2, 0) is 16.1 Å². The monoisotopic (exact) mass is 290 g/mol. The van der Waals surface area contributed by atoms with Crippen LogP contribution in [0.3, 0.4) is 0 Å². The fourth-order valence-corrected chi connectivity index (χ4v) is 3.17. The van der Waals surface area contributed by atoms with E-state index in [9.17, 15) is 4.79 Å². The van der Waals surface area contributed by atoms with Gasteiger partial charge in [0.25, 0.3) is 0 Å². The van der Waals surface area contributed by atoms with Gasteiger partial charge in [-0.25, -0.2) is 0 Å². The van der Waals surface area contributed by atoms with E-state index in [1.165, 1.54) is 5.56 Å². The normalized spacial score (nSPS) is 26.5. The molecule has 0 radical (unpaired) electrons. The number of ether oxygens (including phenoxy) is 1. The van der Waals surface area contributed by atoms with Crippen LogP contribution in [0.5, 0.6) is 0 Å². The maximum atomic E-state index is 11.6. The topological polar surface area (TPSA) is 57.7 Å². The van der Waals surface area contributed by atoms with Crippen molar-refractivity contribution in [1.29, 1.82) is 0 Å². The van der Waals surface area contributed by atoms with Crippen LogP contribution in [0.4, 0.5) is 0 Å². The Morgan fingerprint density at radius 2 is 2.24 bits per heavy atom. The number of hydrogen-bond acceptors (Lipinski definition) is 5. The lowest BCUT2D eigenvalue weighted by Gasteiger charge is -2.36. The Morgan fingerprint density at radius 3 is 3.00 bits per heavy atom. The van der Waals surface area contributed by atoms with Crippen molar-refractivity contribution >= 4 is 5.91 Å². The molecule has 1 amide bonds. The molecule has 1 N–H and O–H groups in total. The second-order valence-corrected chi connectivity index (χ2v) is 5.67. The third-order valence-corrected chi connectivity index (χ3v) is 4.27. The van der Waals surface area contributed by atoms with Gasteiger partial charge in [-0.3, -0.25) is 19.6 Å². The molecular weight excluding hydrogens is 268 g/mol. The zero-order valence-electron chi connectivity index (χ0n) is 12.4. The first-order valence-corrected chi connectivity index (χ1v) is 7.44. The molecule has 0 aliphatic carbocycles. The van der Waals surface area contributed by atoms with Crippen LogP contribution in [0.25, 0.3) is 0 Å². The Labute approximate surface area is 125 Å². The summed E-state index contributed by atoms with van der Waals surface area (Å²) in [5, 5.41) is 2.70. The quantitative estimate of drug-likeness (QED) is 0.826. The number of likely N-dealkylation sites (N-methyl/N-ethyl adjacent to an activating group) is 1. The summed E-state index contributed by atoms with van der Waals surface area (Å²) in [5.41, 5.74) is 1.27. The number of carbonyl (C=O) groups is 1. The number of hydrogen-bond donors (Lipinski definition) is 1. The molecule has 0 unspecified atom stereocenters. The summed E-state index contributed by atoms with van der Waals surface area (Å²) in [5.74, 6) is 0.0724. The van der Waals surface area contributed by atoms with E-state index in [2.05, 4.69) is 20.1 Å². The average Bonchev–Trinajstić information content (AvgIpc) is 2.91. The fourth-order valence-electron chi connectivity index (χ4n) is 3.17. The van der Waals surface area contributed by atoms with Crippen LogP contribution in [0.15, 0.2) is 24.5 Å². The van der Waals surface area contributed by atoms with Gasteiger partial charge < -0.3 is 10.1 Å². The van der Waals surface area contributed by atoms with Gasteiger partial charge in [-0.15, -0.1) is 0 Å². The first-order chi connectivity index (χ1) is 10.3. The lowest BCUT2D eigenvalue weighted by Crippen LogP contribution is -2.53. The molecular formula is C15H22N4O2. The lowest BCUT2D eigenvalue weighted by atomic mass is 10.1. The van der Waals surface area contributed by atoms with E-state index < -0.39 is 0 Å². The fraction of sp³-hybridized carbons (Fsp3) is 0.600. The van der Waals surface area contributed by atoms with Crippen LogP contribution >= 0.6 is 0 Å². The van der Waals surface area contributed by atoms with Gasteiger partial charge >= 0.3 is 0 Å². The first kappa shape index (κ1) is 14.4. The van der Waals surface area contributed by atoms with Crippen LogP contribution in [0, 0.1) is 0 Å². The first-order valence-electron chi connectivity index (χ1n) is 7.44. The molecule has 2 atom stereocenters. The lowest BCUT2D eigenvalue weighted by molar-refractivity contribution is -0.125. The smallest absolute Gasteiger partial charge is 0.233 e. The van der Waals surface area contributed by atoms with Crippen molar-refractivity contribution in [2.75, 3.05) is 39.8 Å². The molecule has 6 nitrogen and oxygen atoms in total. The molecule has 2 saturated heterocycles. The Hall–Kier alpha value is -1.50. The van der Waals surface area contributed by atoms with E-state index in [1.807, 2.05) is 24.5 Å². The second-order valence-electron chi connectivity index (χ2n) is 5.67. The molecule has 1 aromatic heterocycles. The predicted molar refractivity (Wildman–Crippen MR) is 78.7 cm³/mol. The minimum Gasteiger partial charge on any atom is -0.374 e. The minimum atomic E-state index is 0.0724. The van der Waals surface area contributed by atoms with E-state index in [0.29, 0.717) is 19.2 Å². The molecule has 1 aromatic rings. The SMILES string of the molecule is CNC(=O)CN1CCO[C@@H]2CN(Cc3ccncc3)C[C@@H]21.